The van der Waals surface area contributed by atoms with E-state index < -0.39 is 0 Å². The van der Waals surface area contributed by atoms with Gasteiger partial charge in [-0.2, -0.15) is 0 Å². The lowest BCUT2D eigenvalue weighted by molar-refractivity contribution is 0.177. The third kappa shape index (κ3) is 1.69. The average Bonchev–Trinajstić information content (AvgIpc) is 2.61. The zero-order valence-corrected chi connectivity index (χ0v) is 7.34. The number of para-hydroxylation sites is 1. The van der Waals surface area contributed by atoms with E-state index in [1.165, 1.54) is 4.85 Å². The first-order valence-corrected chi connectivity index (χ1v) is 4.10. The van der Waals surface area contributed by atoms with Crippen LogP contribution in [0.3, 0.4) is 0 Å². The van der Waals surface area contributed by atoms with E-state index in [1.807, 2.05) is 37.3 Å². The van der Waals surface area contributed by atoms with Crippen molar-refractivity contribution >= 4 is 0 Å². The molecule has 0 unspecified atom stereocenters. The van der Waals surface area contributed by atoms with Crippen LogP contribution in [0.2, 0.25) is 0 Å². The molecule has 13 heavy (non-hydrogen) atoms. The van der Waals surface area contributed by atoms with Crippen molar-refractivity contribution in [1.82, 2.24) is 9.94 Å². The molecular formula is C10H10N2O. The highest BCUT2D eigenvalue weighted by Crippen LogP contribution is 2.15. The molecule has 0 saturated carbocycles. The number of aryl methyl sites for hydroxylation is 1. The van der Waals surface area contributed by atoms with Gasteiger partial charge in [-0.05, 0) is 24.6 Å². The Bertz CT molecular complexity index is 382. The van der Waals surface area contributed by atoms with Gasteiger partial charge < -0.3 is 4.84 Å². The summed E-state index contributed by atoms with van der Waals surface area (Å²) in [5, 5.41) is 3.95. The fraction of sp³-hybridized carbons (Fsp3) is 0.100. The fourth-order valence-corrected chi connectivity index (χ4v) is 1.07. The van der Waals surface area contributed by atoms with Gasteiger partial charge in [-0.3, -0.25) is 0 Å². The molecule has 0 bridgehead atoms. The Morgan fingerprint density at radius 2 is 2.08 bits per heavy atom. The largest absolute Gasteiger partial charge is 0.358 e. The minimum absolute atomic E-state index is 0.825. The lowest BCUT2D eigenvalue weighted by Crippen LogP contribution is -2.05. The van der Waals surface area contributed by atoms with Crippen molar-refractivity contribution < 1.29 is 4.84 Å². The highest BCUT2D eigenvalue weighted by Gasteiger charge is 1.98. The smallest absolute Gasteiger partial charge is 0.160 e. The van der Waals surface area contributed by atoms with E-state index in [-0.39, 0.29) is 0 Å². The second-order valence-electron chi connectivity index (χ2n) is 2.77. The van der Waals surface area contributed by atoms with Gasteiger partial charge in [0.05, 0.1) is 12.4 Å². The molecule has 0 fully saturated rings. The van der Waals surface area contributed by atoms with Gasteiger partial charge in [0.15, 0.2) is 5.75 Å². The summed E-state index contributed by atoms with van der Waals surface area (Å²) in [6, 6.07) is 9.64. The number of rotatable bonds is 2. The SMILES string of the molecule is Cc1ccccc1On1cccn1. The van der Waals surface area contributed by atoms with Gasteiger partial charge >= 0.3 is 0 Å². The molecule has 1 aromatic carbocycles. The topological polar surface area (TPSA) is 27.1 Å². The van der Waals surface area contributed by atoms with Crippen molar-refractivity contribution in [2.75, 3.05) is 0 Å². The molecule has 0 saturated heterocycles. The Hall–Kier alpha value is -1.77. The van der Waals surface area contributed by atoms with E-state index >= 15 is 0 Å². The molecular weight excluding hydrogens is 164 g/mol. The predicted molar refractivity (Wildman–Crippen MR) is 49.4 cm³/mol. The first-order valence-electron chi connectivity index (χ1n) is 4.10. The molecule has 2 aromatic rings. The van der Waals surface area contributed by atoms with Crippen LogP contribution in [-0.2, 0) is 0 Å². The van der Waals surface area contributed by atoms with Crippen molar-refractivity contribution in [3.8, 4) is 5.75 Å². The molecule has 66 valence electrons. The molecule has 0 radical (unpaired) electrons. The molecule has 1 heterocycles. The van der Waals surface area contributed by atoms with Crippen LogP contribution in [-0.4, -0.2) is 9.94 Å². The molecule has 1 aromatic heterocycles. The quantitative estimate of drug-likeness (QED) is 0.696. The van der Waals surface area contributed by atoms with Crippen molar-refractivity contribution in [2.24, 2.45) is 0 Å². The minimum atomic E-state index is 0.825. The summed E-state index contributed by atoms with van der Waals surface area (Å²) in [6.45, 7) is 2.00. The van der Waals surface area contributed by atoms with Crippen LogP contribution in [0, 0.1) is 6.92 Å². The minimum Gasteiger partial charge on any atom is -0.358 e. The molecule has 0 aliphatic heterocycles. The van der Waals surface area contributed by atoms with Gasteiger partial charge in [-0.1, -0.05) is 18.2 Å². The number of hydrogen-bond donors (Lipinski definition) is 0. The number of nitrogens with zero attached hydrogens (tertiary/aromatic N) is 2. The molecule has 0 atom stereocenters. The zero-order chi connectivity index (χ0) is 9.10. The highest BCUT2D eigenvalue weighted by atomic mass is 16.7. The zero-order valence-electron chi connectivity index (χ0n) is 7.34. The van der Waals surface area contributed by atoms with E-state index in [2.05, 4.69) is 5.10 Å². The normalized spacial score (nSPS) is 9.92. The molecule has 0 spiro atoms. The van der Waals surface area contributed by atoms with Crippen LogP contribution in [0.15, 0.2) is 42.7 Å². The number of benzene rings is 1. The van der Waals surface area contributed by atoms with Gasteiger partial charge in [0.1, 0.15) is 0 Å². The van der Waals surface area contributed by atoms with E-state index in [4.69, 9.17) is 4.84 Å². The van der Waals surface area contributed by atoms with Gasteiger partial charge in [0.25, 0.3) is 0 Å². The van der Waals surface area contributed by atoms with Crippen molar-refractivity contribution in [3.63, 3.8) is 0 Å². The van der Waals surface area contributed by atoms with E-state index in [0.717, 1.165) is 11.3 Å². The maximum absolute atomic E-state index is 5.45. The fourth-order valence-electron chi connectivity index (χ4n) is 1.07. The lowest BCUT2D eigenvalue weighted by Gasteiger charge is -2.05. The lowest BCUT2D eigenvalue weighted by atomic mass is 10.2. The van der Waals surface area contributed by atoms with E-state index in [0.29, 0.717) is 0 Å². The third-order valence-electron chi connectivity index (χ3n) is 1.77. The second kappa shape index (κ2) is 3.31. The van der Waals surface area contributed by atoms with E-state index in [9.17, 15) is 0 Å². The first kappa shape index (κ1) is 7.86. The van der Waals surface area contributed by atoms with Crippen LogP contribution in [0.5, 0.6) is 5.75 Å². The van der Waals surface area contributed by atoms with Gasteiger partial charge in [0, 0.05) is 0 Å². The molecule has 2 rings (SSSR count). The summed E-state index contributed by atoms with van der Waals surface area (Å²) in [5.41, 5.74) is 1.10. The predicted octanol–water partition coefficient (Wildman–Crippen LogP) is 2.03. The maximum Gasteiger partial charge on any atom is 0.160 e. The Labute approximate surface area is 76.5 Å². The van der Waals surface area contributed by atoms with Crippen molar-refractivity contribution in [2.45, 2.75) is 6.92 Å². The number of aromatic nitrogens is 2. The molecule has 0 amide bonds. The molecule has 0 N–H and O–H groups in total. The number of hydrogen-bond acceptors (Lipinski definition) is 2. The Morgan fingerprint density at radius 3 is 2.77 bits per heavy atom. The standard InChI is InChI=1S/C10H10N2O/c1-9-5-2-3-6-10(9)13-12-8-4-7-11-12/h2-8H,1H3. The first-order chi connectivity index (χ1) is 6.36. The summed E-state index contributed by atoms with van der Waals surface area (Å²) in [5.74, 6) is 0.825. The molecule has 0 aliphatic rings. The summed E-state index contributed by atoms with van der Waals surface area (Å²) in [7, 11) is 0. The third-order valence-corrected chi connectivity index (χ3v) is 1.77. The monoisotopic (exact) mass is 174 g/mol. The van der Waals surface area contributed by atoms with Gasteiger partial charge in [-0.25, -0.2) is 0 Å². The van der Waals surface area contributed by atoms with Crippen LogP contribution in [0.25, 0.3) is 0 Å². The van der Waals surface area contributed by atoms with Gasteiger partial charge in [0.2, 0.25) is 0 Å². The molecule has 0 aliphatic carbocycles. The summed E-state index contributed by atoms with van der Waals surface area (Å²) >= 11 is 0. The molecule has 3 heteroatoms. The van der Waals surface area contributed by atoms with Crippen LogP contribution < -0.4 is 4.84 Å². The highest BCUT2D eigenvalue weighted by molar-refractivity contribution is 5.31. The molecule has 3 nitrogen and oxygen atoms in total. The van der Waals surface area contributed by atoms with Crippen LogP contribution in [0.1, 0.15) is 5.56 Å². The van der Waals surface area contributed by atoms with Crippen molar-refractivity contribution in [1.29, 1.82) is 0 Å². The maximum atomic E-state index is 5.45. The average molecular weight is 174 g/mol. The van der Waals surface area contributed by atoms with E-state index in [1.54, 1.807) is 12.4 Å². The van der Waals surface area contributed by atoms with Crippen LogP contribution >= 0.6 is 0 Å². The van der Waals surface area contributed by atoms with Crippen LogP contribution in [0.4, 0.5) is 0 Å². The Balaban J connectivity index is 2.24. The summed E-state index contributed by atoms with van der Waals surface area (Å²) in [6.07, 6.45) is 3.44. The Morgan fingerprint density at radius 1 is 1.23 bits per heavy atom. The van der Waals surface area contributed by atoms with Gasteiger partial charge in [-0.15, -0.1) is 9.94 Å². The summed E-state index contributed by atoms with van der Waals surface area (Å²) in [4.78, 5) is 6.89. The summed E-state index contributed by atoms with van der Waals surface area (Å²) < 4.78 is 0. The van der Waals surface area contributed by atoms with Crippen molar-refractivity contribution in [3.05, 3.63) is 48.3 Å². The Kier molecular flexibility index (Phi) is 2.00. The second-order valence-corrected chi connectivity index (χ2v) is 2.77.